The van der Waals surface area contributed by atoms with Crippen LogP contribution in [0.4, 0.5) is 22.9 Å². The van der Waals surface area contributed by atoms with Crippen LogP contribution in [0.2, 0.25) is 0 Å². The first-order valence-corrected chi connectivity index (χ1v) is 20.3. The van der Waals surface area contributed by atoms with E-state index in [4.69, 9.17) is 0 Å². The molecule has 4 heterocycles. The lowest BCUT2D eigenvalue weighted by Gasteiger charge is -2.47. The molecule has 2 aromatic heterocycles. The molecule has 0 saturated heterocycles. The van der Waals surface area contributed by atoms with Crippen LogP contribution in [0, 0.1) is 5.92 Å². The number of hydrogen-bond donors (Lipinski definition) is 3. The molecule has 1 unspecified atom stereocenters. The minimum absolute atomic E-state index is 0.0228. The highest BCUT2D eigenvalue weighted by molar-refractivity contribution is 14.1. The SMILES string of the molecule is CCS(=O)(=O)c1ccnc(CN(C)C(=O)C2C=C3C(=CN2C)c2cccc(Nc4cc(NC(=O)C5CC5)nnc4C(=O)NC4CC4)c2N(C)[C@]3(C)I)c1. The van der Waals surface area contributed by atoms with Crippen LogP contribution < -0.4 is 20.9 Å². The first-order chi connectivity index (χ1) is 25.2. The summed E-state index contributed by atoms with van der Waals surface area (Å²) in [4.78, 5) is 50.0. The summed E-state index contributed by atoms with van der Waals surface area (Å²) in [6.45, 7) is 3.82. The molecule has 7 rings (SSSR count). The molecule has 278 valence electrons. The Bertz CT molecular complexity index is 2180. The van der Waals surface area contributed by atoms with Crippen molar-refractivity contribution in [3.63, 3.8) is 0 Å². The van der Waals surface area contributed by atoms with E-state index in [1.54, 1.807) is 24.9 Å². The average molecular weight is 852 g/mol. The van der Waals surface area contributed by atoms with Crippen LogP contribution in [0.1, 0.15) is 61.3 Å². The number of anilines is 4. The highest BCUT2D eigenvalue weighted by Crippen LogP contribution is 2.53. The molecule has 2 saturated carbocycles. The summed E-state index contributed by atoms with van der Waals surface area (Å²) >= 11 is 2.40. The lowest BCUT2D eigenvalue weighted by Crippen LogP contribution is -2.49. The molecule has 2 atom stereocenters. The number of nitrogens with one attached hydrogen (secondary N) is 3. The van der Waals surface area contributed by atoms with Crippen LogP contribution in [0.5, 0.6) is 0 Å². The first kappa shape index (κ1) is 36.8. The highest BCUT2D eigenvalue weighted by Gasteiger charge is 2.44. The molecule has 1 aromatic carbocycles. The van der Waals surface area contributed by atoms with Crippen molar-refractivity contribution >= 4 is 78.6 Å². The molecule has 16 heteroatoms. The molecular weight excluding hydrogens is 809 g/mol. The Labute approximate surface area is 322 Å². The Morgan fingerprint density at radius 3 is 2.51 bits per heavy atom. The summed E-state index contributed by atoms with van der Waals surface area (Å²) in [5.74, 6) is -0.393. The number of fused-ring (bicyclic) bond motifs is 3. The first-order valence-electron chi connectivity index (χ1n) is 17.6. The number of nitrogens with zero attached hydrogens (tertiary/aromatic N) is 6. The van der Waals surface area contributed by atoms with E-state index in [1.165, 1.54) is 18.3 Å². The van der Waals surface area contributed by atoms with Crippen molar-refractivity contribution in [1.29, 1.82) is 0 Å². The number of benzene rings is 1. The molecule has 2 aliphatic carbocycles. The van der Waals surface area contributed by atoms with E-state index in [-0.39, 0.29) is 58.4 Å². The third kappa shape index (κ3) is 7.34. The van der Waals surface area contributed by atoms with Crippen LogP contribution in [-0.2, 0) is 26.0 Å². The third-order valence-corrected chi connectivity index (χ3v) is 13.2. The molecule has 3 amide bonds. The maximum Gasteiger partial charge on any atom is 0.274 e. The number of carbonyl (C=O) groups is 3. The summed E-state index contributed by atoms with van der Waals surface area (Å²) < 4.78 is 24.3. The van der Waals surface area contributed by atoms with Gasteiger partial charge in [-0.15, -0.1) is 10.2 Å². The van der Waals surface area contributed by atoms with Gasteiger partial charge in [-0.25, -0.2) is 8.42 Å². The maximum absolute atomic E-state index is 14.0. The lowest BCUT2D eigenvalue weighted by molar-refractivity contribution is -0.133. The number of likely N-dealkylation sites (N-methyl/N-ethyl adjacent to an activating group) is 3. The number of amides is 3. The number of hydrogen-bond acceptors (Lipinski definition) is 11. The Morgan fingerprint density at radius 1 is 1.06 bits per heavy atom. The average Bonchev–Trinajstić information content (AvgIpc) is 4.06. The van der Waals surface area contributed by atoms with Crippen molar-refractivity contribution in [3.05, 3.63) is 77.4 Å². The number of pyridine rings is 1. The fraction of sp³-hybridized carbons (Fsp3) is 0.405. The molecule has 4 aliphatic rings. The zero-order valence-corrected chi connectivity index (χ0v) is 33.2. The van der Waals surface area contributed by atoms with E-state index in [1.807, 2.05) is 49.5 Å². The predicted octanol–water partition coefficient (Wildman–Crippen LogP) is 4.49. The van der Waals surface area contributed by atoms with E-state index in [9.17, 15) is 22.8 Å². The Morgan fingerprint density at radius 2 is 1.81 bits per heavy atom. The summed E-state index contributed by atoms with van der Waals surface area (Å²) in [6, 6.07) is 10.0. The van der Waals surface area contributed by atoms with Gasteiger partial charge in [-0.2, -0.15) is 0 Å². The fourth-order valence-corrected chi connectivity index (χ4v) is 8.18. The van der Waals surface area contributed by atoms with Gasteiger partial charge >= 0.3 is 0 Å². The van der Waals surface area contributed by atoms with Crippen molar-refractivity contribution in [3.8, 4) is 0 Å². The van der Waals surface area contributed by atoms with Crippen LogP contribution in [0.25, 0.3) is 5.57 Å². The lowest BCUT2D eigenvalue weighted by atomic mass is 9.83. The Kier molecular flexibility index (Phi) is 9.71. The smallest absolute Gasteiger partial charge is 0.274 e. The van der Waals surface area contributed by atoms with Gasteiger partial charge in [0.1, 0.15) is 9.59 Å². The normalized spacial score (nSPS) is 20.8. The molecule has 2 fully saturated rings. The molecule has 0 radical (unpaired) electrons. The van der Waals surface area contributed by atoms with Gasteiger partial charge in [-0.1, -0.05) is 19.1 Å². The largest absolute Gasteiger partial charge is 0.365 e. The summed E-state index contributed by atoms with van der Waals surface area (Å²) in [7, 11) is 2.13. The summed E-state index contributed by atoms with van der Waals surface area (Å²) in [5.41, 5.74) is 5.47. The maximum atomic E-state index is 14.0. The van der Waals surface area contributed by atoms with Crippen molar-refractivity contribution in [1.82, 2.24) is 30.3 Å². The van der Waals surface area contributed by atoms with Gasteiger partial charge in [-0.05, 0) is 85.0 Å². The number of aromatic nitrogens is 3. The number of halogens is 1. The monoisotopic (exact) mass is 851 g/mol. The van der Waals surface area contributed by atoms with Crippen LogP contribution in [0.15, 0.2) is 65.3 Å². The number of sulfone groups is 1. The van der Waals surface area contributed by atoms with E-state index in [0.29, 0.717) is 11.4 Å². The molecular formula is C37H42IN9O5S. The number of carbonyl (C=O) groups excluding carboxylic acids is 3. The number of alkyl halides is 1. The third-order valence-electron chi connectivity index (χ3n) is 10.1. The minimum atomic E-state index is -3.42. The standard InChI is InChI=1S/C37H42IN9O5S/c1-6-53(51,52)24-14-15-39-23(16-24)19-46(4)36(50)30-17-27-26(20-45(30)3)25-8-7-9-28(33(25)47(5)37(27,2)38)41-29-18-31(42-34(48)21-10-11-21)43-44-32(29)35(49)40-22-12-13-22/h7-9,14-18,20-22,30H,6,10-13,19H2,1-5H3,(H,40,49)(H2,41,42,43,48)/t30?,37-/m0/s1. The van der Waals surface area contributed by atoms with Crippen molar-refractivity contribution in [2.45, 2.75) is 66.6 Å². The predicted molar refractivity (Wildman–Crippen MR) is 210 cm³/mol. The second-order valence-corrected chi connectivity index (χ2v) is 18.5. The second kappa shape index (κ2) is 14.0. The van der Waals surface area contributed by atoms with Crippen LogP contribution in [0.3, 0.4) is 0 Å². The molecule has 0 bridgehead atoms. The van der Waals surface area contributed by atoms with Gasteiger partial charge in [-0.3, -0.25) is 19.4 Å². The molecule has 2 aliphatic heterocycles. The highest BCUT2D eigenvalue weighted by atomic mass is 127. The van der Waals surface area contributed by atoms with E-state index < -0.39 is 19.4 Å². The molecule has 14 nitrogen and oxygen atoms in total. The number of rotatable bonds is 11. The van der Waals surface area contributed by atoms with E-state index in [2.05, 4.69) is 65.5 Å². The van der Waals surface area contributed by atoms with Crippen LogP contribution in [-0.4, -0.2) is 93.6 Å². The van der Waals surface area contributed by atoms with Gasteiger partial charge in [0.2, 0.25) is 11.8 Å². The van der Waals surface area contributed by atoms with Crippen LogP contribution >= 0.6 is 22.6 Å². The van der Waals surface area contributed by atoms with Gasteiger partial charge in [0.15, 0.2) is 21.3 Å². The van der Waals surface area contributed by atoms with E-state index in [0.717, 1.165) is 53.8 Å². The molecule has 0 spiro atoms. The zero-order valence-electron chi connectivity index (χ0n) is 30.2. The minimum Gasteiger partial charge on any atom is -0.365 e. The van der Waals surface area contributed by atoms with Gasteiger partial charge in [0, 0.05) is 62.7 Å². The van der Waals surface area contributed by atoms with Crippen molar-refractivity contribution < 1.29 is 22.8 Å². The van der Waals surface area contributed by atoms with Crippen molar-refractivity contribution in [2.75, 3.05) is 42.4 Å². The quantitative estimate of drug-likeness (QED) is 0.141. The van der Waals surface area contributed by atoms with Gasteiger partial charge in [0.25, 0.3) is 5.91 Å². The topological polar surface area (TPSA) is 170 Å². The van der Waals surface area contributed by atoms with Gasteiger partial charge in [0.05, 0.1) is 39.9 Å². The van der Waals surface area contributed by atoms with Gasteiger partial charge < -0.3 is 30.7 Å². The summed E-state index contributed by atoms with van der Waals surface area (Å²) in [6.07, 6.45) is 8.96. The van der Waals surface area contributed by atoms with E-state index >= 15 is 0 Å². The fourth-order valence-electron chi connectivity index (χ4n) is 6.56. The Hall–Kier alpha value is -4.58. The zero-order chi connectivity index (χ0) is 37.8. The molecule has 3 N–H and O–H groups in total. The Balaban J connectivity index is 1.19. The molecule has 53 heavy (non-hydrogen) atoms. The number of para-hydroxylation sites is 1. The summed E-state index contributed by atoms with van der Waals surface area (Å²) in [5, 5.41) is 17.7. The van der Waals surface area contributed by atoms with Crippen molar-refractivity contribution in [2.24, 2.45) is 5.92 Å². The second-order valence-electron chi connectivity index (χ2n) is 14.2. The molecule has 3 aromatic rings.